The van der Waals surface area contributed by atoms with Gasteiger partial charge in [-0.1, -0.05) is 48.5 Å². The van der Waals surface area contributed by atoms with E-state index >= 15 is 0 Å². The first-order chi connectivity index (χ1) is 13.2. The smallest absolute Gasteiger partial charge is 0.251 e. The van der Waals surface area contributed by atoms with Gasteiger partial charge in [-0.2, -0.15) is 0 Å². The lowest BCUT2D eigenvalue weighted by Gasteiger charge is -2.36. The minimum absolute atomic E-state index is 0.0368. The van der Waals surface area contributed by atoms with Crippen LogP contribution >= 0.6 is 0 Å². The summed E-state index contributed by atoms with van der Waals surface area (Å²) in [5, 5.41) is 5.29. The third-order valence-corrected chi connectivity index (χ3v) is 5.33. The van der Waals surface area contributed by atoms with Gasteiger partial charge in [-0.05, 0) is 29.1 Å². The van der Waals surface area contributed by atoms with E-state index in [4.69, 9.17) is 0 Å². The van der Waals surface area contributed by atoms with E-state index in [0.29, 0.717) is 5.56 Å². The Balaban J connectivity index is 1.39. The molecule has 1 amide bonds. The Kier molecular flexibility index (Phi) is 5.07. The highest BCUT2D eigenvalue weighted by Crippen LogP contribution is 2.27. The van der Waals surface area contributed by atoms with Crippen LogP contribution in [-0.2, 0) is 6.54 Å². The maximum atomic E-state index is 11.7. The van der Waals surface area contributed by atoms with Gasteiger partial charge in [-0.25, -0.2) is 0 Å². The Morgan fingerprint density at radius 2 is 1.59 bits per heavy atom. The molecular formula is C23H25N3O. The molecular weight excluding hydrogens is 334 g/mol. The molecule has 27 heavy (non-hydrogen) atoms. The average Bonchev–Trinajstić information content (AvgIpc) is 2.74. The van der Waals surface area contributed by atoms with E-state index in [1.165, 1.54) is 22.0 Å². The molecule has 1 fully saturated rings. The van der Waals surface area contributed by atoms with Gasteiger partial charge >= 0.3 is 0 Å². The fourth-order valence-electron chi connectivity index (χ4n) is 3.80. The maximum Gasteiger partial charge on any atom is 0.251 e. The van der Waals surface area contributed by atoms with Gasteiger partial charge in [0.1, 0.15) is 0 Å². The number of carbonyl (C=O) groups excluding carboxylic acids is 1. The summed E-state index contributed by atoms with van der Waals surface area (Å²) in [6.45, 7) is 5.08. The second-order valence-corrected chi connectivity index (χ2v) is 7.04. The average molecular weight is 359 g/mol. The highest BCUT2D eigenvalue weighted by Gasteiger charge is 2.18. The third-order valence-electron chi connectivity index (χ3n) is 5.33. The maximum absolute atomic E-state index is 11.7. The van der Waals surface area contributed by atoms with E-state index in [-0.39, 0.29) is 5.91 Å². The molecule has 4 heteroatoms. The van der Waals surface area contributed by atoms with E-state index in [0.717, 1.165) is 32.7 Å². The summed E-state index contributed by atoms with van der Waals surface area (Å²) < 4.78 is 0. The summed E-state index contributed by atoms with van der Waals surface area (Å²) in [5.74, 6) is -0.0368. The van der Waals surface area contributed by atoms with Crippen LogP contribution in [0.3, 0.4) is 0 Å². The number of rotatable bonds is 4. The summed E-state index contributed by atoms with van der Waals surface area (Å²) in [6, 6.07) is 23.1. The normalized spacial score (nSPS) is 15.1. The highest BCUT2D eigenvalue weighted by molar-refractivity contribution is 5.94. The molecule has 4 rings (SSSR count). The van der Waals surface area contributed by atoms with Gasteiger partial charge < -0.3 is 10.2 Å². The first kappa shape index (κ1) is 17.6. The molecule has 0 unspecified atom stereocenters. The Labute approximate surface area is 160 Å². The molecule has 0 aliphatic carbocycles. The molecule has 138 valence electrons. The Bertz CT molecular complexity index is 923. The summed E-state index contributed by atoms with van der Waals surface area (Å²) in [7, 11) is 1.66. The van der Waals surface area contributed by atoms with Crippen molar-refractivity contribution in [3.05, 3.63) is 77.9 Å². The van der Waals surface area contributed by atoms with Crippen molar-refractivity contribution in [2.45, 2.75) is 6.54 Å². The summed E-state index contributed by atoms with van der Waals surface area (Å²) in [6.07, 6.45) is 0. The molecule has 1 N–H and O–H groups in total. The van der Waals surface area contributed by atoms with Crippen molar-refractivity contribution in [2.24, 2.45) is 0 Å². The lowest BCUT2D eigenvalue weighted by Crippen LogP contribution is -2.46. The number of nitrogens with zero attached hydrogens (tertiary/aromatic N) is 2. The number of nitrogens with one attached hydrogen (secondary N) is 1. The predicted octanol–water partition coefficient (Wildman–Crippen LogP) is 3.52. The quantitative estimate of drug-likeness (QED) is 0.774. The van der Waals surface area contributed by atoms with Crippen LogP contribution in [0, 0.1) is 0 Å². The number of amides is 1. The van der Waals surface area contributed by atoms with Gasteiger partial charge in [0, 0.05) is 56.4 Å². The number of piperazine rings is 1. The van der Waals surface area contributed by atoms with E-state index in [1.807, 2.05) is 12.1 Å². The number of carbonyl (C=O) groups is 1. The van der Waals surface area contributed by atoms with Crippen LogP contribution in [0.25, 0.3) is 10.8 Å². The van der Waals surface area contributed by atoms with Crippen molar-refractivity contribution < 1.29 is 4.79 Å². The Morgan fingerprint density at radius 1 is 0.889 bits per heavy atom. The zero-order valence-electron chi connectivity index (χ0n) is 15.7. The molecule has 1 aliphatic rings. The van der Waals surface area contributed by atoms with Crippen LogP contribution in [0.1, 0.15) is 15.9 Å². The Hall–Kier alpha value is -2.85. The van der Waals surface area contributed by atoms with Gasteiger partial charge in [-0.15, -0.1) is 0 Å². The van der Waals surface area contributed by atoms with Crippen LogP contribution in [0.15, 0.2) is 66.7 Å². The van der Waals surface area contributed by atoms with E-state index in [2.05, 4.69) is 69.7 Å². The predicted molar refractivity (Wildman–Crippen MR) is 111 cm³/mol. The van der Waals surface area contributed by atoms with Gasteiger partial charge in [0.2, 0.25) is 0 Å². The van der Waals surface area contributed by atoms with E-state index in [1.54, 1.807) is 7.05 Å². The van der Waals surface area contributed by atoms with Gasteiger partial charge in [0.05, 0.1) is 0 Å². The van der Waals surface area contributed by atoms with Crippen molar-refractivity contribution in [1.82, 2.24) is 10.2 Å². The van der Waals surface area contributed by atoms with Crippen molar-refractivity contribution in [3.8, 4) is 0 Å². The first-order valence-corrected chi connectivity index (χ1v) is 9.51. The molecule has 0 saturated carbocycles. The molecule has 0 aromatic heterocycles. The molecule has 3 aromatic rings. The van der Waals surface area contributed by atoms with E-state index in [9.17, 15) is 4.79 Å². The largest absolute Gasteiger partial charge is 0.368 e. The molecule has 0 bridgehead atoms. The number of hydrogen-bond donors (Lipinski definition) is 1. The molecule has 4 nitrogen and oxygen atoms in total. The zero-order chi connectivity index (χ0) is 18.6. The fourth-order valence-corrected chi connectivity index (χ4v) is 3.80. The number of hydrogen-bond acceptors (Lipinski definition) is 3. The van der Waals surface area contributed by atoms with Crippen LogP contribution in [0.2, 0.25) is 0 Å². The standard InChI is InChI=1S/C23H25N3O/c1-24-23(27)20-11-9-18(10-12-20)17-25-13-15-26(16-14-25)22-8-4-6-19-5-2-3-7-21(19)22/h2-12H,13-17H2,1H3,(H,24,27). The monoisotopic (exact) mass is 359 g/mol. The van der Waals surface area contributed by atoms with Gasteiger partial charge in [0.25, 0.3) is 5.91 Å². The topological polar surface area (TPSA) is 35.6 Å². The van der Waals surface area contributed by atoms with Crippen LogP contribution in [0.5, 0.6) is 0 Å². The van der Waals surface area contributed by atoms with Crippen molar-refractivity contribution in [2.75, 3.05) is 38.1 Å². The summed E-state index contributed by atoms with van der Waals surface area (Å²) >= 11 is 0. The third kappa shape index (κ3) is 3.81. The fraction of sp³-hybridized carbons (Fsp3) is 0.261. The summed E-state index contributed by atoms with van der Waals surface area (Å²) in [4.78, 5) is 16.6. The Morgan fingerprint density at radius 3 is 2.33 bits per heavy atom. The molecule has 1 heterocycles. The molecule has 1 saturated heterocycles. The minimum atomic E-state index is -0.0368. The molecule has 1 aliphatic heterocycles. The van der Waals surface area contributed by atoms with Crippen LogP contribution in [0.4, 0.5) is 5.69 Å². The number of anilines is 1. The second-order valence-electron chi connectivity index (χ2n) is 7.04. The number of fused-ring (bicyclic) bond motifs is 1. The van der Waals surface area contributed by atoms with Crippen molar-refractivity contribution in [1.29, 1.82) is 0 Å². The van der Waals surface area contributed by atoms with Gasteiger partial charge in [0.15, 0.2) is 0 Å². The zero-order valence-corrected chi connectivity index (χ0v) is 15.7. The highest BCUT2D eigenvalue weighted by atomic mass is 16.1. The molecule has 0 atom stereocenters. The number of benzene rings is 3. The molecule has 0 spiro atoms. The van der Waals surface area contributed by atoms with Crippen molar-refractivity contribution in [3.63, 3.8) is 0 Å². The summed E-state index contributed by atoms with van der Waals surface area (Å²) in [5.41, 5.74) is 3.30. The SMILES string of the molecule is CNC(=O)c1ccc(CN2CCN(c3cccc4ccccc34)CC2)cc1. The van der Waals surface area contributed by atoms with Crippen LogP contribution in [-0.4, -0.2) is 44.0 Å². The lowest BCUT2D eigenvalue weighted by atomic mass is 10.1. The van der Waals surface area contributed by atoms with Gasteiger partial charge in [-0.3, -0.25) is 9.69 Å². The first-order valence-electron chi connectivity index (χ1n) is 9.51. The molecule has 3 aromatic carbocycles. The van der Waals surface area contributed by atoms with E-state index < -0.39 is 0 Å². The van der Waals surface area contributed by atoms with Crippen LogP contribution < -0.4 is 10.2 Å². The minimum Gasteiger partial charge on any atom is -0.368 e. The second kappa shape index (κ2) is 7.80. The van der Waals surface area contributed by atoms with Crippen molar-refractivity contribution >= 4 is 22.4 Å². The lowest BCUT2D eigenvalue weighted by molar-refractivity contribution is 0.0963. The molecule has 0 radical (unpaired) electrons.